The number of nitrogens with zero attached hydrogens (tertiary/aromatic N) is 3. The molecule has 2 aliphatic rings. The molecule has 4 aromatic rings. The van der Waals surface area contributed by atoms with Crippen LogP contribution in [0.2, 0.25) is 0 Å². The second-order valence-corrected chi connectivity index (χ2v) is 11.1. The molecule has 0 aliphatic carbocycles. The number of methoxy groups -OCH3 is 1. The lowest BCUT2D eigenvalue weighted by Crippen LogP contribution is -2.35. The molecule has 0 N–H and O–H groups in total. The molecule has 1 aromatic heterocycles. The number of carbonyl (C=O) groups is 2. The van der Waals surface area contributed by atoms with Crippen molar-refractivity contribution in [2.75, 3.05) is 38.6 Å². The molecule has 44 heavy (non-hydrogen) atoms. The highest BCUT2D eigenvalue weighted by Gasteiger charge is 2.40. The van der Waals surface area contributed by atoms with Gasteiger partial charge >= 0.3 is 5.97 Å². The Bertz CT molecular complexity index is 1790. The second kappa shape index (κ2) is 12.6. The van der Waals surface area contributed by atoms with Crippen LogP contribution in [0.15, 0.2) is 77.0 Å². The molecule has 3 aromatic carbocycles. The van der Waals surface area contributed by atoms with Crippen molar-refractivity contribution in [3.63, 3.8) is 0 Å². The summed E-state index contributed by atoms with van der Waals surface area (Å²) in [6.45, 7) is 3.33. The molecular weight excluding hydrogens is 650 g/mol. The summed E-state index contributed by atoms with van der Waals surface area (Å²) in [6.07, 6.45) is 3.72. The summed E-state index contributed by atoms with van der Waals surface area (Å²) in [5, 5.41) is 1.09. The number of thiocarbonyl (C=S) groups is 1. The van der Waals surface area contributed by atoms with Crippen LogP contribution in [0.3, 0.4) is 0 Å². The maximum Gasteiger partial charge on any atom is 0.325 e. The zero-order valence-corrected chi connectivity index (χ0v) is 26.4. The molecule has 6 rings (SSSR count). The summed E-state index contributed by atoms with van der Waals surface area (Å²) in [6, 6.07) is 18.5. The summed E-state index contributed by atoms with van der Waals surface area (Å²) in [5.74, 6) is 1.82. The largest absolute Gasteiger partial charge is 0.494 e. The van der Waals surface area contributed by atoms with E-state index >= 15 is 0 Å². The van der Waals surface area contributed by atoms with Crippen molar-refractivity contribution in [3.05, 3.63) is 82.6 Å². The van der Waals surface area contributed by atoms with E-state index in [0.717, 1.165) is 20.9 Å². The fraction of sp³-hybridized carbons (Fsp3) is 0.219. The fourth-order valence-corrected chi connectivity index (χ4v) is 5.80. The molecule has 10 nitrogen and oxygen atoms in total. The predicted molar refractivity (Wildman–Crippen MR) is 172 cm³/mol. The first-order chi connectivity index (χ1) is 21.4. The predicted octanol–water partition coefficient (Wildman–Crippen LogP) is 5.76. The van der Waals surface area contributed by atoms with E-state index in [1.807, 2.05) is 49.5 Å². The van der Waals surface area contributed by atoms with E-state index in [4.69, 9.17) is 35.9 Å². The minimum Gasteiger partial charge on any atom is -0.494 e. The van der Waals surface area contributed by atoms with Crippen molar-refractivity contribution in [2.24, 2.45) is 0 Å². The van der Waals surface area contributed by atoms with E-state index in [2.05, 4.69) is 20.5 Å². The molecule has 0 spiro atoms. The first-order valence-electron chi connectivity index (χ1n) is 13.8. The molecule has 0 saturated carbocycles. The summed E-state index contributed by atoms with van der Waals surface area (Å²) in [7, 11) is 1.30. The Morgan fingerprint density at radius 1 is 1.02 bits per heavy atom. The zero-order valence-electron chi connectivity index (χ0n) is 23.9. The molecule has 0 radical (unpaired) electrons. The van der Waals surface area contributed by atoms with E-state index in [1.54, 1.807) is 30.3 Å². The molecule has 1 saturated heterocycles. The van der Waals surface area contributed by atoms with Gasteiger partial charge in [-0.2, -0.15) is 0 Å². The van der Waals surface area contributed by atoms with Crippen LogP contribution in [0, 0.1) is 0 Å². The molecule has 0 atom stereocenters. The van der Waals surface area contributed by atoms with Crippen LogP contribution in [0.5, 0.6) is 23.0 Å². The monoisotopic (exact) mass is 677 g/mol. The van der Waals surface area contributed by atoms with Gasteiger partial charge in [0.2, 0.25) is 6.79 Å². The number of esters is 1. The van der Waals surface area contributed by atoms with E-state index in [1.165, 1.54) is 16.9 Å². The van der Waals surface area contributed by atoms with Crippen LogP contribution < -0.4 is 23.8 Å². The number of aromatic nitrogens is 1. The number of amides is 1. The van der Waals surface area contributed by atoms with Gasteiger partial charge in [0.25, 0.3) is 5.91 Å². The lowest BCUT2D eigenvalue weighted by Gasteiger charge is -2.19. The molecule has 226 valence electrons. The fourth-order valence-electron chi connectivity index (χ4n) is 5.09. The van der Waals surface area contributed by atoms with Gasteiger partial charge in [0.05, 0.1) is 25.9 Å². The molecular formula is C32H28BrN3O7S. The Hall–Kier alpha value is -4.55. The minimum atomic E-state index is -0.523. The molecule has 1 fully saturated rings. The number of halogens is 1. The SMILES string of the molecule is CCOc1ccc(N2C(=O)/C(=C/c3cn(CCOc4ccc5c(c4)OCO5)c4ccc(Br)cc34)N(CC(=O)OC)C2=S)cc1. The first kappa shape index (κ1) is 29.5. The number of anilines is 1. The average molecular weight is 679 g/mol. The Balaban J connectivity index is 1.32. The number of benzene rings is 3. The van der Waals surface area contributed by atoms with Crippen molar-refractivity contribution >= 4 is 67.8 Å². The van der Waals surface area contributed by atoms with Crippen LogP contribution in [0.4, 0.5) is 5.69 Å². The Morgan fingerprint density at radius 3 is 2.57 bits per heavy atom. The van der Waals surface area contributed by atoms with Crippen molar-refractivity contribution in [1.29, 1.82) is 0 Å². The van der Waals surface area contributed by atoms with E-state index < -0.39 is 5.97 Å². The number of hydrogen-bond donors (Lipinski definition) is 0. The first-order valence-corrected chi connectivity index (χ1v) is 15.0. The number of ether oxygens (including phenoxy) is 5. The van der Waals surface area contributed by atoms with Crippen molar-refractivity contribution in [2.45, 2.75) is 13.5 Å². The summed E-state index contributed by atoms with van der Waals surface area (Å²) in [4.78, 5) is 29.2. The molecule has 3 heterocycles. The Kier molecular flexibility index (Phi) is 8.45. The van der Waals surface area contributed by atoms with Crippen molar-refractivity contribution < 1.29 is 33.3 Å². The third-order valence-corrected chi connectivity index (χ3v) is 8.06. The minimum absolute atomic E-state index is 0.179. The number of rotatable bonds is 10. The normalized spacial score (nSPS) is 15.0. The second-order valence-electron chi connectivity index (χ2n) is 9.84. The quantitative estimate of drug-likeness (QED) is 0.118. The summed E-state index contributed by atoms with van der Waals surface area (Å²) < 4.78 is 30.3. The third-order valence-electron chi connectivity index (χ3n) is 7.17. The number of carbonyl (C=O) groups excluding carboxylic acids is 2. The maximum absolute atomic E-state index is 13.9. The van der Waals surface area contributed by atoms with Gasteiger partial charge in [-0.05, 0) is 79.8 Å². The van der Waals surface area contributed by atoms with Gasteiger partial charge in [-0.1, -0.05) is 15.9 Å². The smallest absolute Gasteiger partial charge is 0.325 e. The molecule has 0 bridgehead atoms. The van der Waals surface area contributed by atoms with Crippen LogP contribution in [-0.4, -0.2) is 60.1 Å². The summed E-state index contributed by atoms with van der Waals surface area (Å²) in [5.41, 5.74) is 2.54. The zero-order chi connectivity index (χ0) is 30.8. The van der Waals surface area contributed by atoms with Crippen LogP contribution in [-0.2, 0) is 20.9 Å². The van der Waals surface area contributed by atoms with Crippen LogP contribution >= 0.6 is 28.1 Å². The van der Waals surface area contributed by atoms with Crippen molar-refractivity contribution in [1.82, 2.24) is 9.47 Å². The van der Waals surface area contributed by atoms with E-state index in [0.29, 0.717) is 48.4 Å². The highest BCUT2D eigenvalue weighted by Crippen LogP contribution is 2.36. The van der Waals surface area contributed by atoms with Gasteiger partial charge < -0.3 is 33.2 Å². The van der Waals surface area contributed by atoms with Gasteiger partial charge in [0, 0.05) is 33.2 Å². The average Bonchev–Trinajstić information content (AvgIpc) is 3.69. The van der Waals surface area contributed by atoms with Crippen molar-refractivity contribution in [3.8, 4) is 23.0 Å². The summed E-state index contributed by atoms with van der Waals surface area (Å²) >= 11 is 9.30. The van der Waals surface area contributed by atoms with Gasteiger partial charge in [-0.3, -0.25) is 14.5 Å². The molecule has 12 heteroatoms. The van der Waals surface area contributed by atoms with Crippen LogP contribution in [0.25, 0.3) is 17.0 Å². The highest BCUT2D eigenvalue weighted by molar-refractivity contribution is 9.10. The number of hydrogen-bond acceptors (Lipinski definition) is 8. The third kappa shape index (κ3) is 5.82. The molecule has 2 aliphatic heterocycles. The highest BCUT2D eigenvalue weighted by atomic mass is 79.9. The van der Waals surface area contributed by atoms with Gasteiger partial charge in [0.15, 0.2) is 16.6 Å². The Morgan fingerprint density at radius 2 is 1.80 bits per heavy atom. The van der Waals surface area contributed by atoms with Gasteiger partial charge in [0.1, 0.15) is 30.3 Å². The molecule has 1 amide bonds. The lowest BCUT2D eigenvalue weighted by atomic mass is 10.1. The maximum atomic E-state index is 13.9. The number of fused-ring (bicyclic) bond motifs is 2. The van der Waals surface area contributed by atoms with Crippen LogP contribution in [0.1, 0.15) is 12.5 Å². The Labute approximate surface area is 267 Å². The standard InChI is InChI=1S/C32H28BrN3O7S/c1-3-40-23-7-5-22(6-8-23)36-31(38)27(35(32(36)44)18-30(37)39-2)14-20-17-34(26-10-4-21(33)15-25(20)26)12-13-41-24-9-11-28-29(16-24)43-19-42-28/h4-11,14-17H,3,12-13,18-19H2,1-2H3/b27-14-. The van der Waals surface area contributed by atoms with Gasteiger partial charge in [-0.25, -0.2) is 0 Å². The topological polar surface area (TPSA) is 91.7 Å². The van der Waals surface area contributed by atoms with Gasteiger partial charge in [-0.15, -0.1) is 0 Å². The van der Waals surface area contributed by atoms with E-state index in [9.17, 15) is 9.59 Å². The molecule has 0 unspecified atom stereocenters. The van der Waals surface area contributed by atoms with E-state index in [-0.39, 0.29) is 30.1 Å². The lowest BCUT2D eigenvalue weighted by molar-refractivity contribution is -0.140.